The average molecular weight is 212 g/mol. The Kier molecular flexibility index (Phi) is 2.36. The molecular weight excluding hydrogens is 196 g/mol. The summed E-state index contributed by atoms with van der Waals surface area (Å²) in [5.41, 5.74) is 5.86. The highest BCUT2D eigenvalue weighted by Crippen LogP contribution is 2.47. The number of hydrogen-bond acceptors (Lipinski definition) is 0. The van der Waals surface area contributed by atoms with E-state index in [0.29, 0.717) is 0 Å². The monoisotopic (exact) mass is 212 g/mol. The molecule has 2 N–H and O–H groups in total. The lowest BCUT2D eigenvalue weighted by atomic mass is 9.82. The summed E-state index contributed by atoms with van der Waals surface area (Å²) in [5, 5.41) is 0. The Labute approximate surface area is 96.1 Å². The summed E-state index contributed by atoms with van der Waals surface area (Å²) in [5.74, 6) is 0. The minimum absolute atomic E-state index is 0. The van der Waals surface area contributed by atoms with Crippen LogP contribution in [0.15, 0.2) is 48.5 Å². The molecular formula is C15H16O. The Morgan fingerprint density at radius 1 is 0.688 bits per heavy atom. The second kappa shape index (κ2) is 3.46. The first-order valence-corrected chi connectivity index (χ1v) is 5.40. The van der Waals surface area contributed by atoms with Gasteiger partial charge in [0.1, 0.15) is 0 Å². The molecule has 0 aromatic heterocycles. The van der Waals surface area contributed by atoms with Crippen molar-refractivity contribution < 1.29 is 5.48 Å². The Morgan fingerprint density at radius 2 is 1.06 bits per heavy atom. The van der Waals surface area contributed by atoms with Gasteiger partial charge in [-0.1, -0.05) is 62.4 Å². The van der Waals surface area contributed by atoms with Gasteiger partial charge in [0.15, 0.2) is 0 Å². The Hall–Kier alpha value is -1.60. The van der Waals surface area contributed by atoms with Gasteiger partial charge in [0.05, 0.1) is 0 Å². The van der Waals surface area contributed by atoms with Gasteiger partial charge in [0.2, 0.25) is 0 Å². The smallest absolute Gasteiger partial charge is 0.0158 e. The summed E-state index contributed by atoms with van der Waals surface area (Å²) >= 11 is 0. The van der Waals surface area contributed by atoms with Gasteiger partial charge in [-0.3, -0.25) is 0 Å². The molecule has 0 aliphatic heterocycles. The van der Waals surface area contributed by atoms with E-state index in [9.17, 15) is 0 Å². The second-order valence-electron chi connectivity index (χ2n) is 4.72. The number of rotatable bonds is 0. The van der Waals surface area contributed by atoms with Crippen LogP contribution in [0, 0.1) is 0 Å². The first kappa shape index (κ1) is 10.9. The molecule has 0 atom stereocenters. The van der Waals surface area contributed by atoms with Crippen LogP contribution in [0.4, 0.5) is 0 Å². The SMILES string of the molecule is CC1(C)c2ccccc2-c2ccccc21.O. The molecule has 1 nitrogen and oxygen atoms in total. The first-order chi connectivity index (χ1) is 7.21. The zero-order chi connectivity index (χ0) is 10.5. The molecule has 1 heteroatoms. The highest BCUT2D eigenvalue weighted by atomic mass is 16.0. The van der Waals surface area contributed by atoms with Crippen molar-refractivity contribution in [1.29, 1.82) is 0 Å². The van der Waals surface area contributed by atoms with Crippen LogP contribution in [0.1, 0.15) is 25.0 Å². The number of fused-ring (bicyclic) bond motifs is 3. The third-order valence-electron chi connectivity index (χ3n) is 3.49. The van der Waals surface area contributed by atoms with Gasteiger partial charge in [-0.25, -0.2) is 0 Å². The third-order valence-corrected chi connectivity index (χ3v) is 3.49. The van der Waals surface area contributed by atoms with E-state index in [4.69, 9.17) is 0 Å². The average Bonchev–Trinajstić information content (AvgIpc) is 2.51. The molecule has 82 valence electrons. The van der Waals surface area contributed by atoms with Crippen molar-refractivity contribution in [1.82, 2.24) is 0 Å². The van der Waals surface area contributed by atoms with E-state index in [2.05, 4.69) is 62.4 Å². The van der Waals surface area contributed by atoms with Gasteiger partial charge in [-0.15, -0.1) is 0 Å². The quantitative estimate of drug-likeness (QED) is 0.642. The summed E-state index contributed by atoms with van der Waals surface area (Å²) in [6.45, 7) is 4.61. The molecule has 0 saturated carbocycles. The normalized spacial score (nSPS) is 14.9. The van der Waals surface area contributed by atoms with Crippen LogP contribution in [0.2, 0.25) is 0 Å². The van der Waals surface area contributed by atoms with Gasteiger partial charge in [-0.2, -0.15) is 0 Å². The van der Waals surface area contributed by atoms with Crippen LogP contribution in [-0.4, -0.2) is 5.48 Å². The molecule has 2 aromatic rings. The lowest BCUT2D eigenvalue weighted by molar-refractivity contribution is 0.660. The van der Waals surface area contributed by atoms with Crippen molar-refractivity contribution in [2.45, 2.75) is 19.3 Å². The highest BCUT2D eigenvalue weighted by Gasteiger charge is 2.34. The lowest BCUT2D eigenvalue weighted by Gasteiger charge is -2.20. The number of hydrogen-bond donors (Lipinski definition) is 0. The van der Waals surface area contributed by atoms with Crippen LogP contribution >= 0.6 is 0 Å². The van der Waals surface area contributed by atoms with E-state index in [1.807, 2.05) is 0 Å². The Balaban J connectivity index is 0.000000963. The van der Waals surface area contributed by atoms with Gasteiger partial charge < -0.3 is 5.48 Å². The fourth-order valence-electron chi connectivity index (χ4n) is 2.67. The molecule has 0 fully saturated rings. The fraction of sp³-hybridized carbons (Fsp3) is 0.200. The first-order valence-electron chi connectivity index (χ1n) is 5.40. The summed E-state index contributed by atoms with van der Waals surface area (Å²) in [6, 6.07) is 17.4. The van der Waals surface area contributed by atoms with Crippen LogP contribution < -0.4 is 0 Å². The van der Waals surface area contributed by atoms with Gasteiger partial charge in [-0.05, 0) is 22.3 Å². The molecule has 0 unspecified atom stereocenters. The van der Waals surface area contributed by atoms with Gasteiger partial charge in [0, 0.05) is 5.41 Å². The van der Waals surface area contributed by atoms with E-state index in [1.54, 1.807) is 0 Å². The minimum atomic E-state index is 0. The van der Waals surface area contributed by atoms with E-state index in [0.717, 1.165) is 0 Å². The second-order valence-corrected chi connectivity index (χ2v) is 4.72. The molecule has 0 radical (unpaired) electrons. The van der Waals surface area contributed by atoms with E-state index in [1.165, 1.54) is 22.3 Å². The maximum absolute atomic E-state index is 2.30. The Morgan fingerprint density at radius 3 is 1.50 bits per heavy atom. The predicted molar refractivity (Wildman–Crippen MR) is 67.6 cm³/mol. The molecule has 1 aliphatic carbocycles. The van der Waals surface area contributed by atoms with E-state index in [-0.39, 0.29) is 10.9 Å². The Bertz CT molecular complexity index is 479. The summed E-state index contributed by atoms with van der Waals surface area (Å²) in [4.78, 5) is 0. The van der Waals surface area contributed by atoms with Crippen LogP contribution in [0.3, 0.4) is 0 Å². The topological polar surface area (TPSA) is 31.5 Å². The zero-order valence-electron chi connectivity index (χ0n) is 9.62. The molecule has 0 saturated heterocycles. The van der Waals surface area contributed by atoms with Crippen LogP contribution in [0.25, 0.3) is 11.1 Å². The molecule has 16 heavy (non-hydrogen) atoms. The molecule has 1 aliphatic rings. The molecule has 0 bridgehead atoms. The maximum Gasteiger partial charge on any atom is 0.0158 e. The van der Waals surface area contributed by atoms with Crippen molar-refractivity contribution in [2.75, 3.05) is 0 Å². The largest absolute Gasteiger partial charge is 0.412 e. The van der Waals surface area contributed by atoms with Crippen molar-refractivity contribution in [3.8, 4) is 11.1 Å². The summed E-state index contributed by atoms with van der Waals surface area (Å²) in [6.07, 6.45) is 0. The molecule has 0 amide bonds. The van der Waals surface area contributed by atoms with Gasteiger partial charge >= 0.3 is 0 Å². The fourth-order valence-corrected chi connectivity index (χ4v) is 2.67. The highest BCUT2D eigenvalue weighted by molar-refractivity contribution is 5.80. The van der Waals surface area contributed by atoms with E-state index < -0.39 is 0 Å². The molecule has 0 spiro atoms. The predicted octanol–water partition coefficient (Wildman–Crippen LogP) is 3.17. The molecule has 0 heterocycles. The summed E-state index contributed by atoms with van der Waals surface area (Å²) in [7, 11) is 0. The van der Waals surface area contributed by atoms with Crippen LogP contribution in [0.5, 0.6) is 0 Å². The maximum atomic E-state index is 2.30. The van der Waals surface area contributed by atoms with Gasteiger partial charge in [0.25, 0.3) is 0 Å². The van der Waals surface area contributed by atoms with Crippen molar-refractivity contribution in [3.05, 3.63) is 59.7 Å². The third kappa shape index (κ3) is 1.22. The van der Waals surface area contributed by atoms with E-state index >= 15 is 0 Å². The molecule has 3 rings (SSSR count). The van der Waals surface area contributed by atoms with Crippen molar-refractivity contribution >= 4 is 0 Å². The summed E-state index contributed by atoms with van der Waals surface area (Å²) < 4.78 is 0. The molecule has 2 aromatic carbocycles. The van der Waals surface area contributed by atoms with Crippen molar-refractivity contribution in [3.63, 3.8) is 0 Å². The van der Waals surface area contributed by atoms with Crippen molar-refractivity contribution in [2.24, 2.45) is 0 Å². The zero-order valence-corrected chi connectivity index (χ0v) is 9.62. The number of benzene rings is 2. The standard InChI is InChI=1S/C15H14.H2O/c1-15(2)13-9-5-3-7-11(13)12-8-4-6-10-14(12)15;/h3-10H,1-2H3;1H2. The minimum Gasteiger partial charge on any atom is -0.412 e. The lowest BCUT2D eigenvalue weighted by Crippen LogP contribution is -2.14. The van der Waals surface area contributed by atoms with Crippen LogP contribution in [-0.2, 0) is 5.41 Å².